The number of nitrogens with one attached hydrogen (secondary N) is 1. The second-order valence-corrected chi connectivity index (χ2v) is 5.64. The normalized spacial score (nSPS) is 16.5. The Balaban J connectivity index is 1.76. The third-order valence-corrected chi connectivity index (χ3v) is 4.21. The molecule has 2 rings (SSSR count). The Morgan fingerprint density at radius 2 is 2.00 bits per heavy atom. The smallest absolute Gasteiger partial charge is 0.230 e. The number of carbonyl (C=O) groups is 1. The molecule has 0 radical (unpaired) electrons. The predicted molar refractivity (Wildman–Crippen MR) is 72.1 cm³/mol. The molecule has 1 saturated carbocycles. The largest absolute Gasteiger partial charge is 0.353 e. The van der Waals surface area contributed by atoms with Gasteiger partial charge in [-0.1, -0.05) is 31.4 Å². The van der Waals surface area contributed by atoms with E-state index in [1.165, 1.54) is 37.1 Å². The first-order valence-corrected chi connectivity index (χ1v) is 7.41. The third-order valence-electron chi connectivity index (χ3n) is 3.17. The highest BCUT2D eigenvalue weighted by Crippen LogP contribution is 2.21. The molecule has 18 heavy (non-hydrogen) atoms. The first-order chi connectivity index (χ1) is 8.75. The van der Waals surface area contributed by atoms with Gasteiger partial charge in [-0.3, -0.25) is 4.79 Å². The summed E-state index contributed by atoms with van der Waals surface area (Å²) in [7, 11) is 0. The number of hydrogen-bond donors (Lipinski definition) is 1. The molecule has 1 N–H and O–H groups in total. The maximum Gasteiger partial charge on any atom is 0.230 e. The molecule has 0 atom stereocenters. The standard InChI is InChI=1S/C14H18FNOS/c15-12-8-4-5-9-13(12)18-10-14(17)16-11-6-2-1-3-7-11/h4-5,8-9,11H,1-3,6-7,10H2,(H,16,17). The Morgan fingerprint density at radius 1 is 1.28 bits per heavy atom. The van der Waals surface area contributed by atoms with E-state index in [1.54, 1.807) is 18.2 Å². The minimum atomic E-state index is -0.257. The summed E-state index contributed by atoms with van der Waals surface area (Å²) in [4.78, 5) is 12.3. The van der Waals surface area contributed by atoms with Crippen LogP contribution in [0.15, 0.2) is 29.2 Å². The molecule has 0 spiro atoms. The van der Waals surface area contributed by atoms with E-state index in [-0.39, 0.29) is 17.5 Å². The van der Waals surface area contributed by atoms with Gasteiger partial charge in [0.1, 0.15) is 5.82 Å². The van der Waals surface area contributed by atoms with Gasteiger partial charge in [-0.05, 0) is 25.0 Å². The fourth-order valence-corrected chi connectivity index (χ4v) is 2.97. The van der Waals surface area contributed by atoms with Gasteiger partial charge >= 0.3 is 0 Å². The Hall–Kier alpha value is -1.03. The van der Waals surface area contributed by atoms with Crippen molar-refractivity contribution < 1.29 is 9.18 Å². The molecule has 0 heterocycles. The van der Waals surface area contributed by atoms with E-state index in [1.807, 2.05) is 0 Å². The van der Waals surface area contributed by atoms with Crippen LogP contribution in [-0.2, 0) is 4.79 Å². The van der Waals surface area contributed by atoms with Crippen molar-refractivity contribution >= 4 is 17.7 Å². The molecule has 2 nitrogen and oxygen atoms in total. The molecule has 1 fully saturated rings. The summed E-state index contributed by atoms with van der Waals surface area (Å²) in [6.07, 6.45) is 5.83. The molecule has 0 aliphatic heterocycles. The van der Waals surface area contributed by atoms with E-state index in [0.29, 0.717) is 10.9 Å². The molecule has 1 aromatic rings. The van der Waals surface area contributed by atoms with Gasteiger partial charge in [0.05, 0.1) is 5.75 Å². The molecule has 0 aromatic heterocycles. The van der Waals surface area contributed by atoms with E-state index < -0.39 is 0 Å². The van der Waals surface area contributed by atoms with Crippen molar-refractivity contribution in [1.82, 2.24) is 5.32 Å². The van der Waals surface area contributed by atoms with Crippen molar-refractivity contribution in [2.75, 3.05) is 5.75 Å². The van der Waals surface area contributed by atoms with Crippen molar-refractivity contribution in [1.29, 1.82) is 0 Å². The first-order valence-electron chi connectivity index (χ1n) is 6.42. The van der Waals surface area contributed by atoms with Gasteiger partial charge in [0.15, 0.2) is 0 Å². The van der Waals surface area contributed by atoms with Gasteiger partial charge < -0.3 is 5.32 Å². The summed E-state index contributed by atoms with van der Waals surface area (Å²) in [5.41, 5.74) is 0. The maximum atomic E-state index is 13.3. The SMILES string of the molecule is O=C(CSc1ccccc1F)NC1CCCCC1. The lowest BCUT2D eigenvalue weighted by Crippen LogP contribution is -2.37. The quantitative estimate of drug-likeness (QED) is 0.847. The average molecular weight is 267 g/mol. The van der Waals surface area contributed by atoms with Crippen LogP contribution >= 0.6 is 11.8 Å². The lowest BCUT2D eigenvalue weighted by molar-refractivity contribution is -0.119. The highest BCUT2D eigenvalue weighted by Gasteiger charge is 2.15. The zero-order valence-electron chi connectivity index (χ0n) is 10.3. The number of benzene rings is 1. The van der Waals surface area contributed by atoms with Crippen molar-refractivity contribution in [3.8, 4) is 0 Å². The van der Waals surface area contributed by atoms with Crippen molar-refractivity contribution in [3.63, 3.8) is 0 Å². The van der Waals surface area contributed by atoms with E-state index in [2.05, 4.69) is 5.32 Å². The molecule has 1 aliphatic carbocycles. The van der Waals surface area contributed by atoms with Crippen LogP contribution in [0.5, 0.6) is 0 Å². The zero-order valence-corrected chi connectivity index (χ0v) is 11.1. The predicted octanol–water partition coefficient (Wildman–Crippen LogP) is 3.37. The van der Waals surface area contributed by atoms with E-state index >= 15 is 0 Å². The van der Waals surface area contributed by atoms with Gasteiger partial charge in [0.2, 0.25) is 5.91 Å². The molecule has 0 unspecified atom stereocenters. The van der Waals surface area contributed by atoms with Crippen LogP contribution in [0, 0.1) is 5.82 Å². The summed E-state index contributed by atoms with van der Waals surface area (Å²) in [6.45, 7) is 0. The maximum absolute atomic E-state index is 13.3. The lowest BCUT2D eigenvalue weighted by Gasteiger charge is -2.22. The van der Waals surface area contributed by atoms with Crippen LogP contribution in [0.4, 0.5) is 4.39 Å². The van der Waals surface area contributed by atoms with Crippen LogP contribution in [0.3, 0.4) is 0 Å². The van der Waals surface area contributed by atoms with Crippen LogP contribution < -0.4 is 5.32 Å². The summed E-state index contributed by atoms with van der Waals surface area (Å²) in [6, 6.07) is 6.88. The molecule has 98 valence electrons. The summed E-state index contributed by atoms with van der Waals surface area (Å²) in [5.74, 6) is 0.0420. The summed E-state index contributed by atoms with van der Waals surface area (Å²) >= 11 is 1.26. The molecule has 1 aromatic carbocycles. The van der Waals surface area contributed by atoms with Gasteiger partial charge in [-0.25, -0.2) is 4.39 Å². The molecule has 0 saturated heterocycles. The average Bonchev–Trinajstić information content (AvgIpc) is 2.39. The molecule has 0 bridgehead atoms. The number of amides is 1. The molecular formula is C14H18FNOS. The first kappa shape index (κ1) is 13.4. The van der Waals surface area contributed by atoms with E-state index in [9.17, 15) is 9.18 Å². The minimum absolute atomic E-state index is 0.00940. The zero-order chi connectivity index (χ0) is 12.8. The number of halogens is 1. The van der Waals surface area contributed by atoms with E-state index in [0.717, 1.165) is 12.8 Å². The number of carbonyl (C=O) groups excluding carboxylic acids is 1. The van der Waals surface area contributed by atoms with Crippen molar-refractivity contribution in [2.24, 2.45) is 0 Å². The topological polar surface area (TPSA) is 29.1 Å². The highest BCUT2D eigenvalue weighted by atomic mass is 32.2. The van der Waals surface area contributed by atoms with Gasteiger partial charge in [-0.15, -0.1) is 11.8 Å². The highest BCUT2D eigenvalue weighted by molar-refractivity contribution is 8.00. The van der Waals surface area contributed by atoms with Gasteiger partial charge in [-0.2, -0.15) is 0 Å². The van der Waals surface area contributed by atoms with Crippen LogP contribution in [-0.4, -0.2) is 17.7 Å². The summed E-state index contributed by atoms with van der Waals surface area (Å²) < 4.78 is 13.3. The van der Waals surface area contributed by atoms with Crippen LogP contribution in [0.1, 0.15) is 32.1 Å². The molecule has 1 amide bonds. The lowest BCUT2D eigenvalue weighted by atomic mass is 9.95. The molecule has 4 heteroatoms. The monoisotopic (exact) mass is 267 g/mol. The number of rotatable bonds is 4. The Kier molecular flexibility index (Phi) is 5.05. The molecule has 1 aliphatic rings. The minimum Gasteiger partial charge on any atom is -0.353 e. The Labute approximate surface area is 111 Å². The number of hydrogen-bond acceptors (Lipinski definition) is 2. The summed E-state index contributed by atoms with van der Waals surface area (Å²) in [5, 5.41) is 3.03. The number of thioether (sulfide) groups is 1. The Bertz CT molecular complexity index is 405. The van der Waals surface area contributed by atoms with Crippen LogP contribution in [0.2, 0.25) is 0 Å². The van der Waals surface area contributed by atoms with Crippen molar-refractivity contribution in [2.45, 2.75) is 43.0 Å². The molecular weight excluding hydrogens is 249 g/mol. The van der Waals surface area contributed by atoms with Crippen LogP contribution in [0.25, 0.3) is 0 Å². The van der Waals surface area contributed by atoms with Crippen molar-refractivity contribution in [3.05, 3.63) is 30.1 Å². The van der Waals surface area contributed by atoms with Gasteiger partial charge in [0, 0.05) is 10.9 Å². The third kappa shape index (κ3) is 4.02. The fraction of sp³-hybridized carbons (Fsp3) is 0.500. The Morgan fingerprint density at radius 3 is 2.72 bits per heavy atom. The fourth-order valence-electron chi connectivity index (χ4n) is 2.22. The van der Waals surface area contributed by atoms with E-state index in [4.69, 9.17) is 0 Å². The second kappa shape index (κ2) is 6.78. The van der Waals surface area contributed by atoms with Gasteiger partial charge in [0.25, 0.3) is 0 Å². The second-order valence-electron chi connectivity index (χ2n) is 4.62.